The number of pyridine rings is 1. The molecule has 7 nitrogen and oxygen atoms in total. The first-order valence-corrected chi connectivity index (χ1v) is 6.76. The summed E-state index contributed by atoms with van der Waals surface area (Å²) in [6, 6.07) is 3.08. The number of nitrogens with zero attached hydrogens (tertiary/aromatic N) is 3. The molecule has 0 spiro atoms. The van der Waals surface area contributed by atoms with E-state index in [0.717, 1.165) is 18.5 Å². The third kappa shape index (κ3) is 4.20. The molecular weight excluding hydrogens is 270 g/mol. The summed E-state index contributed by atoms with van der Waals surface area (Å²) in [6.45, 7) is 3.09. The van der Waals surface area contributed by atoms with Crippen molar-refractivity contribution in [3.63, 3.8) is 0 Å². The number of hydrogen-bond acceptors (Lipinski definition) is 3. The van der Waals surface area contributed by atoms with Gasteiger partial charge in [0.1, 0.15) is 0 Å². The first-order valence-electron chi connectivity index (χ1n) is 6.76. The van der Waals surface area contributed by atoms with Crippen LogP contribution in [0, 0.1) is 6.92 Å². The fraction of sp³-hybridized carbons (Fsp3) is 0.357. The number of aromatic nitrogens is 3. The third-order valence-corrected chi connectivity index (χ3v) is 3.09. The molecule has 0 saturated heterocycles. The predicted molar refractivity (Wildman–Crippen MR) is 80.3 cm³/mol. The number of nitrogens with one attached hydrogen (secondary N) is 2. The van der Waals surface area contributed by atoms with Crippen molar-refractivity contribution in [2.45, 2.75) is 19.9 Å². The van der Waals surface area contributed by atoms with Crippen LogP contribution in [0.25, 0.3) is 0 Å². The molecule has 0 aliphatic heterocycles. The van der Waals surface area contributed by atoms with E-state index in [1.54, 1.807) is 26.4 Å². The lowest BCUT2D eigenvalue weighted by Gasteiger charge is -2.11. The maximum Gasteiger partial charge on any atom is 0.319 e. The van der Waals surface area contributed by atoms with Gasteiger partial charge in [-0.05, 0) is 25.0 Å². The highest BCUT2D eigenvalue weighted by Crippen LogP contribution is 2.10. The Hall–Kier alpha value is -2.57. The molecule has 0 aliphatic rings. The van der Waals surface area contributed by atoms with Gasteiger partial charge in [0, 0.05) is 44.8 Å². The van der Waals surface area contributed by atoms with Crippen LogP contribution in [0.4, 0.5) is 10.5 Å². The summed E-state index contributed by atoms with van der Waals surface area (Å²) >= 11 is 0. The second-order valence-electron chi connectivity index (χ2n) is 4.82. The number of amides is 2. The molecule has 0 atom stereocenters. The van der Waals surface area contributed by atoms with Crippen molar-refractivity contribution in [1.29, 1.82) is 0 Å². The molecule has 2 aromatic heterocycles. The summed E-state index contributed by atoms with van der Waals surface area (Å²) in [4.78, 5) is 23.2. The lowest BCUT2D eigenvalue weighted by molar-refractivity contribution is 0.251. The number of urea groups is 1. The second-order valence-corrected chi connectivity index (χ2v) is 4.82. The second kappa shape index (κ2) is 6.74. The number of rotatable bonds is 5. The number of anilines is 1. The van der Waals surface area contributed by atoms with Gasteiger partial charge in [0.15, 0.2) is 0 Å². The van der Waals surface area contributed by atoms with E-state index < -0.39 is 0 Å². The topological polar surface area (TPSA) is 81.0 Å². The molecule has 112 valence electrons. The predicted octanol–water partition coefficient (Wildman–Crippen LogP) is 1.10. The highest BCUT2D eigenvalue weighted by Gasteiger charge is 2.05. The van der Waals surface area contributed by atoms with Crippen molar-refractivity contribution in [2.24, 2.45) is 7.05 Å². The van der Waals surface area contributed by atoms with Crippen LogP contribution in [0.1, 0.15) is 12.0 Å². The molecule has 2 aromatic rings. The van der Waals surface area contributed by atoms with E-state index in [0.29, 0.717) is 12.2 Å². The van der Waals surface area contributed by atoms with Crippen LogP contribution in [0.2, 0.25) is 0 Å². The van der Waals surface area contributed by atoms with Crippen molar-refractivity contribution >= 4 is 11.7 Å². The van der Waals surface area contributed by atoms with Crippen molar-refractivity contribution in [1.82, 2.24) is 19.7 Å². The van der Waals surface area contributed by atoms with Crippen LogP contribution in [0.5, 0.6) is 0 Å². The Bertz CT molecular complexity index is 660. The lowest BCUT2D eigenvalue weighted by atomic mass is 10.2. The van der Waals surface area contributed by atoms with Gasteiger partial charge in [0.25, 0.3) is 5.56 Å². The van der Waals surface area contributed by atoms with Crippen LogP contribution >= 0.6 is 0 Å². The van der Waals surface area contributed by atoms with Crippen LogP contribution in [-0.4, -0.2) is 26.9 Å². The smallest absolute Gasteiger partial charge is 0.319 e. The summed E-state index contributed by atoms with van der Waals surface area (Å²) in [7, 11) is 1.65. The van der Waals surface area contributed by atoms with E-state index in [9.17, 15) is 9.59 Å². The zero-order valence-corrected chi connectivity index (χ0v) is 12.2. The molecule has 21 heavy (non-hydrogen) atoms. The van der Waals surface area contributed by atoms with E-state index in [1.807, 2.05) is 16.9 Å². The molecule has 2 amide bonds. The molecule has 7 heteroatoms. The molecule has 0 bridgehead atoms. The average molecular weight is 289 g/mol. The Labute approximate surface area is 122 Å². The van der Waals surface area contributed by atoms with Gasteiger partial charge in [-0.25, -0.2) is 4.79 Å². The first kappa shape index (κ1) is 14.8. The van der Waals surface area contributed by atoms with Crippen LogP contribution in [-0.2, 0) is 13.6 Å². The maximum atomic E-state index is 11.8. The number of carbonyl (C=O) groups excluding carboxylic acids is 1. The quantitative estimate of drug-likeness (QED) is 0.809. The molecule has 2 rings (SSSR count). The molecule has 2 N–H and O–H groups in total. The number of hydrogen-bond donors (Lipinski definition) is 2. The van der Waals surface area contributed by atoms with Gasteiger partial charge in [-0.1, -0.05) is 0 Å². The van der Waals surface area contributed by atoms with E-state index in [2.05, 4.69) is 15.7 Å². The summed E-state index contributed by atoms with van der Waals surface area (Å²) in [5.41, 5.74) is 1.27. The molecule has 0 aromatic carbocycles. The third-order valence-electron chi connectivity index (χ3n) is 3.09. The Balaban J connectivity index is 1.79. The molecule has 2 heterocycles. The summed E-state index contributed by atoms with van der Waals surface area (Å²) in [5, 5.41) is 9.60. The largest absolute Gasteiger partial charge is 0.338 e. The molecule has 0 radical (unpaired) electrons. The summed E-state index contributed by atoms with van der Waals surface area (Å²) in [5.74, 6) is 0. The van der Waals surface area contributed by atoms with Gasteiger partial charge >= 0.3 is 6.03 Å². The van der Waals surface area contributed by atoms with Crippen molar-refractivity contribution in [3.05, 3.63) is 46.6 Å². The SMILES string of the molecule is Cc1cc(=O)n(C)cc1NC(=O)NCCCn1cccn1. The van der Waals surface area contributed by atoms with E-state index >= 15 is 0 Å². The van der Waals surface area contributed by atoms with Gasteiger partial charge in [-0.3, -0.25) is 9.48 Å². The van der Waals surface area contributed by atoms with Gasteiger partial charge in [0.2, 0.25) is 0 Å². The highest BCUT2D eigenvalue weighted by atomic mass is 16.2. The summed E-state index contributed by atoms with van der Waals surface area (Å²) in [6.07, 6.45) is 6.01. The summed E-state index contributed by atoms with van der Waals surface area (Å²) < 4.78 is 3.25. The van der Waals surface area contributed by atoms with Gasteiger partial charge < -0.3 is 15.2 Å². The monoisotopic (exact) mass is 289 g/mol. The highest BCUT2D eigenvalue weighted by molar-refractivity contribution is 5.89. The van der Waals surface area contributed by atoms with E-state index in [4.69, 9.17) is 0 Å². The van der Waals surface area contributed by atoms with Crippen molar-refractivity contribution < 1.29 is 4.79 Å². The Kier molecular flexibility index (Phi) is 4.76. The fourth-order valence-electron chi connectivity index (χ4n) is 1.90. The first-order chi connectivity index (χ1) is 10.1. The van der Waals surface area contributed by atoms with Gasteiger partial charge in [0.05, 0.1) is 5.69 Å². The number of carbonyl (C=O) groups is 1. The van der Waals surface area contributed by atoms with E-state index in [-0.39, 0.29) is 11.6 Å². The number of aryl methyl sites for hydroxylation is 3. The van der Waals surface area contributed by atoms with E-state index in [1.165, 1.54) is 10.6 Å². The van der Waals surface area contributed by atoms with Crippen molar-refractivity contribution in [2.75, 3.05) is 11.9 Å². The average Bonchev–Trinajstić information content (AvgIpc) is 2.94. The zero-order valence-electron chi connectivity index (χ0n) is 12.2. The van der Waals surface area contributed by atoms with Gasteiger partial charge in [-0.2, -0.15) is 5.10 Å². The normalized spacial score (nSPS) is 10.4. The molecular formula is C14H19N5O2. The molecule has 0 saturated carbocycles. The Morgan fingerprint density at radius 3 is 2.95 bits per heavy atom. The fourth-order valence-corrected chi connectivity index (χ4v) is 1.90. The minimum Gasteiger partial charge on any atom is -0.338 e. The standard InChI is InChI=1S/C14H19N5O2/c1-11-9-13(20)18(2)10-12(11)17-14(21)15-5-3-7-19-8-4-6-16-19/h4,6,8-10H,3,5,7H2,1-2H3,(H2,15,17,21). The Morgan fingerprint density at radius 1 is 1.43 bits per heavy atom. The molecule has 0 unspecified atom stereocenters. The molecule has 0 fully saturated rings. The van der Waals surface area contributed by atoms with Gasteiger partial charge in [-0.15, -0.1) is 0 Å². The maximum absolute atomic E-state index is 11.8. The minimum atomic E-state index is -0.280. The molecule has 0 aliphatic carbocycles. The van der Waals surface area contributed by atoms with Crippen molar-refractivity contribution in [3.8, 4) is 0 Å². The zero-order chi connectivity index (χ0) is 15.2. The lowest BCUT2D eigenvalue weighted by Crippen LogP contribution is -2.31. The van der Waals surface area contributed by atoms with Crippen LogP contribution < -0.4 is 16.2 Å². The van der Waals surface area contributed by atoms with Crippen LogP contribution in [0.3, 0.4) is 0 Å². The minimum absolute atomic E-state index is 0.0994. The Morgan fingerprint density at radius 2 is 2.24 bits per heavy atom. The van der Waals surface area contributed by atoms with Crippen LogP contribution in [0.15, 0.2) is 35.5 Å².